The van der Waals surface area contributed by atoms with Gasteiger partial charge in [-0.3, -0.25) is 9.59 Å². The van der Waals surface area contributed by atoms with Crippen molar-refractivity contribution in [1.29, 1.82) is 0 Å². The van der Waals surface area contributed by atoms with E-state index >= 15 is 0 Å². The Morgan fingerprint density at radius 1 is 0.640 bits per heavy atom. The first-order valence-corrected chi connectivity index (χ1v) is 61.9. The molecule has 3 aromatic heterocycles. The fourth-order valence-corrected chi connectivity index (χ4v) is 53.3. The molecule has 0 spiro atoms. The molecule has 7 aromatic rings. The Hall–Kier alpha value is 2.71. The molecule has 0 saturated heterocycles. The average Bonchev–Trinajstić information content (AvgIpc) is 1.71. The van der Waals surface area contributed by atoms with Crippen LogP contribution in [0.15, 0.2) is 105 Å². The Morgan fingerprint density at radius 3 is 1.42 bits per heavy atom. The summed E-state index contributed by atoms with van der Waals surface area (Å²) in [4.78, 5) is 35.8. The summed E-state index contributed by atoms with van der Waals surface area (Å²) in [6.45, 7) is 17.4. The van der Waals surface area contributed by atoms with Crippen LogP contribution in [0.25, 0.3) is 21.7 Å². The predicted octanol–water partition coefficient (Wildman–Crippen LogP) is 26.5. The molecule has 4 aliphatic rings. The molecule has 0 amide bonds. The van der Waals surface area contributed by atoms with Crippen molar-refractivity contribution in [3.8, 4) is 5.75 Å². The number of ketones is 2. The molecule has 0 aliphatic heterocycles. The number of furan rings is 3. The first-order chi connectivity index (χ1) is 41.9. The molecular formula is C55H62Cl4O9S19SiTi. The van der Waals surface area contributed by atoms with E-state index in [1.54, 1.807) is 166 Å². The van der Waals surface area contributed by atoms with Crippen LogP contribution in [-0.2, 0) is 47.2 Å². The summed E-state index contributed by atoms with van der Waals surface area (Å²) < 4.78 is 23.8. The zero-order valence-electron chi connectivity index (χ0n) is 47.7. The topological polar surface area (TPSA) is 140 Å². The van der Waals surface area contributed by atoms with E-state index in [0.717, 1.165) is 80.2 Å². The zero-order valence-corrected chi connectivity index (χ0v) is 69.0. The van der Waals surface area contributed by atoms with Gasteiger partial charge in [-0.25, -0.2) is 0 Å². The van der Waals surface area contributed by atoms with Crippen molar-refractivity contribution < 1.29 is 54.6 Å². The number of aliphatic hydroxyl groups excluding tert-OH is 2. The number of fused-ring (bicyclic) bond motifs is 6. The van der Waals surface area contributed by atoms with Crippen molar-refractivity contribution in [2.24, 2.45) is 0 Å². The summed E-state index contributed by atoms with van der Waals surface area (Å²) in [7, 11) is 47.6. The molecule has 11 rings (SSSR count). The van der Waals surface area contributed by atoms with Gasteiger partial charge in [-0.15, -0.1) is 0 Å². The van der Waals surface area contributed by atoms with Gasteiger partial charge in [-0.05, 0) is 267 Å². The number of aryl methyl sites for hydroxylation is 4. The number of aldehydes is 1. The third kappa shape index (κ3) is 20.5. The number of benzene rings is 4. The SMILES string of the molecule is C.CC12c3ccccc3C(=O)c3occ(c31)CC[C@@H]2O.CC12c3ccccc3C(=O)c3occ(c31)CC[C@H]2O.Cc1c2ccccc2c(O[Si](C)(C)C(C)(C)C)c2occ(CCC=O)c12.SSSSSSSSSSSSSSSSSSS.[Cl][Ti]([Cl])([Cl])[Cl]. The fraction of sp³-hybridized carbons (Fsp3) is 0.364. The van der Waals surface area contributed by atoms with Crippen molar-refractivity contribution in [2.75, 3.05) is 0 Å². The minimum absolute atomic E-state index is 0. The molecule has 89 heavy (non-hydrogen) atoms. The van der Waals surface area contributed by atoms with Gasteiger partial charge in [-0.2, -0.15) is 0 Å². The summed E-state index contributed by atoms with van der Waals surface area (Å²) in [6.07, 6.45) is 9.27. The van der Waals surface area contributed by atoms with Gasteiger partial charge in [0.25, 0.3) is 8.32 Å². The zero-order chi connectivity index (χ0) is 64.0. The molecule has 0 fully saturated rings. The third-order valence-corrected chi connectivity index (χ3v) is 55.8. The number of rotatable bonds is 21. The van der Waals surface area contributed by atoms with Crippen molar-refractivity contribution in [3.63, 3.8) is 0 Å². The summed E-state index contributed by atoms with van der Waals surface area (Å²) in [5, 5.41) is 24.5. The maximum absolute atomic E-state index is 12.5. The monoisotopic (exact) mass is 1690 g/mol. The van der Waals surface area contributed by atoms with E-state index < -0.39 is 43.7 Å². The summed E-state index contributed by atoms with van der Waals surface area (Å²) in [5.74, 6) is 1.54. The number of hydrogen-bond donors (Lipinski definition) is 4. The number of halogens is 4. The first kappa shape index (κ1) is 80.7. The van der Waals surface area contributed by atoms with Crippen LogP contribution >= 0.6 is 228 Å². The maximum atomic E-state index is 12.5. The van der Waals surface area contributed by atoms with Crippen LogP contribution in [0.4, 0.5) is 0 Å². The second kappa shape index (κ2) is 37.9. The Labute approximate surface area is 614 Å². The van der Waals surface area contributed by atoms with Gasteiger partial charge in [0.15, 0.2) is 22.9 Å². The number of aliphatic hydroxyl groups is 2. The number of hydrogen-bond acceptors (Lipinski definition) is 28. The van der Waals surface area contributed by atoms with Crippen LogP contribution in [-0.4, -0.2) is 48.6 Å². The summed E-state index contributed by atoms with van der Waals surface area (Å²) in [6, 6.07) is 23.4. The Balaban J connectivity index is 0.000000185. The number of carbonyl (C=O) groups excluding carboxylic acids is 3. The minimum atomic E-state index is -3.11. The molecular weight excluding hydrogens is 1630 g/mol. The van der Waals surface area contributed by atoms with Crippen molar-refractivity contribution >= 4 is 275 Å². The molecule has 4 aliphatic carbocycles. The standard InChI is InChI=1S/C22H28O3Si.2C16H14O3.CH4.4ClH.H2S19.Ti/c1-15-17-11-7-8-12-18(17)20(25-26(5,6)22(2,3)4)21-19(15)16(14-24-21)10-9-13-23;2*1-16-11-5-3-2-4-10(11)14(18)15-13(16)9(8-19-15)6-7-12(16)17;;;;;;1-3-5-7-9-11-13-15-17-19-18-16-14-12-10-8-6-4-2;/h7-8,11-14H,9-10H2,1-6H3;2*2-5,8,12,17H,6-7H2,1H3;1H4;4*1H;1-2H;/q;;;;;;;;;+4/p-4/t;2*12-,16?;;;;;;;/m.10......./s1. The van der Waals surface area contributed by atoms with Gasteiger partial charge in [-0.1, -0.05) is 124 Å². The van der Waals surface area contributed by atoms with Crippen molar-refractivity contribution in [3.05, 3.63) is 159 Å². The van der Waals surface area contributed by atoms with Gasteiger partial charge in [0, 0.05) is 60.1 Å². The Bertz CT molecular complexity index is 3360. The summed E-state index contributed by atoms with van der Waals surface area (Å²) >= 11 is 4.97. The molecule has 0 saturated carbocycles. The van der Waals surface area contributed by atoms with Crippen LogP contribution in [0, 0.1) is 6.92 Å². The number of carbonyl (C=O) groups is 3. The second-order valence-corrected chi connectivity index (χ2v) is 71.9. The van der Waals surface area contributed by atoms with Crippen LogP contribution < -0.4 is 4.43 Å². The van der Waals surface area contributed by atoms with E-state index in [9.17, 15) is 24.6 Å². The third-order valence-electron chi connectivity index (χ3n) is 15.5. The van der Waals surface area contributed by atoms with E-state index in [-0.39, 0.29) is 24.0 Å². The van der Waals surface area contributed by atoms with Gasteiger partial charge in [0.2, 0.25) is 11.6 Å². The molecule has 3 heterocycles. The quantitative estimate of drug-likeness (QED) is 0.0178. The normalized spacial score (nSPS) is 18.7. The van der Waals surface area contributed by atoms with Crippen LogP contribution in [0.1, 0.15) is 138 Å². The van der Waals surface area contributed by atoms with Crippen LogP contribution in [0.2, 0.25) is 18.1 Å². The van der Waals surface area contributed by atoms with Gasteiger partial charge in [0.05, 0.1) is 31.0 Å². The molecule has 0 bridgehead atoms. The fourth-order valence-electron chi connectivity index (χ4n) is 10.6. The van der Waals surface area contributed by atoms with E-state index in [4.69, 9.17) is 54.9 Å². The first-order valence-electron chi connectivity index (χ1n) is 26.1. The second-order valence-electron chi connectivity index (χ2n) is 21.3. The average molecular weight is 1690 g/mol. The molecule has 2 unspecified atom stereocenters. The molecule has 9 nitrogen and oxygen atoms in total. The number of thiol groups is 2. The van der Waals surface area contributed by atoms with E-state index in [0.29, 0.717) is 48.3 Å². The summed E-state index contributed by atoms with van der Waals surface area (Å²) in [5.41, 5.74) is 9.08. The van der Waals surface area contributed by atoms with Crippen molar-refractivity contribution in [1.82, 2.24) is 0 Å². The van der Waals surface area contributed by atoms with Gasteiger partial charge < -0.3 is 32.7 Å². The van der Waals surface area contributed by atoms with E-state index in [1.165, 1.54) is 30.6 Å². The van der Waals surface area contributed by atoms with Crippen molar-refractivity contribution in [2.45, 2.75) is 129 Å². The predicted molar refractivity (Wildman–Crippen MR) is 427 cm³/mol. The molecule has 34 heteroatoms. The van der Waals surface area contributed by atoms with E-state index in [2.05, 4.69) is 82.3 Å². The Kier molecular flexibility index (Phi) is 34.4. The molecule has 486 valence electrons. The molecule has 0 radical (unpaired) electrons. The molecule has 2 N–H and O–H groups in total. The molecule has 4 atom stereocenters. The van der Waals surface area contributed by atoms with Crippen LogP contribution in [0.3, 0.4) is 0 Å². The molecule has 4 aromatic carbocycles. The van der Waals surface area contributed by atoms with Crippen LogP contribution in [0.5, 0.6) is 5.75 Å². The van der Waals surface area contributed by atoms with Gasteiger partial charge >= 0.3 is 49.6 Å². The van der Waals surface area contributed by atoms with E-state index in [1.807, 2.05) is 68.4 Å². The Morgan fingerprint density at radius 2 is 1.02 bits per heavy atom. The van der Waals surface area contributed by atoms with Gasteiger partial charge in [0.1, 0.15) is 6.29 Å².